The predicted octanol–water partition coefficient (Wildman–Crippen LogP) is 1.45. The van der Waals surface area contributed by atoms with Gasteiger partial charge in [0.05, 0.1) is 11.3 Å². The maximum absolute atomic E-state index is 13.0. The maximum Gasteiger partial charge on any atom is 0.304 e. The largest absolute Gasteiger partial charge is 0.481 e. The molecule has 1 N–H and O–H groups in total. The fourth-order valence-electron chi connectivity index (χ4n) is 1.45. The highest BCUT2D eigenvalue weighted by Crippen LogP contribution is 2.18. The van der Waals surface area contributed by atoms with Crippen LogP contribution in [0.2, 0.25) is 0 Å². The lowest BCUT2D eigenvalue weighted by Gasteiger charge is -2.19. The van der Waals surface area contributed by atoms with E-state index in [4.69, 9.17) is 5.11 Å². The number of sulfonamides is 1. The van der Waals surface area contributed by atoms with Crippen LogP contribution in [0.25, 0.3) is 0 Å². The molecule has 0 unspecified atom stereocenters. The first-order valence-corrected chi connectivity index (χ1v) is 6.90. The second-order valence-corrected chi connectivity index (χ2v) is 5.65. The zero-order valence-electron chi connectivity index (χ0n) is 10.1. The van der Waals surface area contributed by atoms with E-state index in [9.17, 15) is 22.0 Å². The van der Waals surface area contributed by atoms with Gasteiger partial charge in [-0.2, -0.15) is 4.31 Å². The summed E-state index contributed by atoms with van der Waals surface area (Å²) in [4.78, 5) is 10.0. The Morgan fingerprint density at radius 2 is 1.95 bits per heavy atom. The first kappa shape index (κ1) is 15.5. The molecule has 0 atom stereocenters. The lowest BCUT2D eigenvalue weighted by molar-refractivity contribution is -0.137. The molecule has 0 bridgehead atoms. The summed E-state index contributed by atoms with van der Waals surface area (Å²) >= 11 is 0. The standard InChI is InChI=1S/C11H13F2NO4S/c1-2-14(6-5-11(15)16)19(17,18)8-3-4-9(12)10(13)7-8/h3-4,7H,2,5-6H2,1H3,(H,15,16). The molecule has 0 radical (unpaired) electrons. The molecule has 106 valence electrons. The molecule has 0 heterocycles. The molecule has 0 saturated carbocycles. The Kier molecular flexibility index (Phi) is 4.96. The summed E-state index contributed by atoms with van der Waals surface area (Å²) in [6, 6.07) is 2.23. The molecule has 19 heavy (non-hydrogen) atoms. The molecule has 8 heteroatoms. The van der Waals surface area contributed by atoms with Crippen molar-refractivity contribution in [3.63, 3.8) is 0 Å². The van der Waals surface area contributed by atoms with Crippen LogP contribution in [0, 0.1) is 11.6 Å². The van der Waals surface area contributed by atoms with Crippen LogP contribution in [-0.4, -0.2) is 36.9 Å². The summed E-state index contributed by atoms with van der Waals surface area (Å²) in [7, 11) is -4.02. The third-order valence-electron chi connectivity index (χ3n) is 2.46. The summed E-state index contributed by atoms with van der Waals surface area (Å²) in [5.41, 5.74) is 0. The maximum atomic E-state index is 13.0. The van der Waals surface area contributed by atoms with Gasteiger partial charge in [-0.05, 0) is 18.2 Å². The highest BCUT2D eigenvalue weighted by Gasteiger charge is 2.24. The third-order valence-corrected chi connectivity index (χ3v) is 4.43. The lowest BCUT2D eigenvalue weighted by Crippen LogP contribution is -2.33. The summed E-state index contributed by atoms with van der Waals surface area (Å²) in [6.07, 6.45) is -0.364. The lowest BCUT2D eigenvalue weighted by atomic mass is 10.3. The normalized spacial score (nSPS) is 11.8. The minimum absolute atomic E-state index is 0.0363. The molecule has 0 aliphatic heterocycles. The number of carboxylic acid groups (broad SMARTS) is 1. The van der Waals surface area contributed by atoms with Crippen molar-refractivity contribution in [3.8, 4) is 0 Å². The number of carbonyl (C=O) groups is 1. The van der Waals surface area contributed by atoms with E-state index in [1.165, 1.54) is 6.92 Å². The fraction of sp³-hybridized carbons (Fsp3) is 0.364. The average Bonchev–Trinajstić information content (AvgIpc) is 2.32. The van der Waals surface area contributed by atoms with Crippen LogP contribution in [0.5, 0.6) is 0 Å². The van der Waals surface area contributed by atoms with Crippen molar-refractivity contribution in [3.05, 3.63) is 29.8 Å². The molecule has 1 aromatic carbocycles. The molecule has 0 aliphatic carbocycles. The Balaban J connectivity index is 3.06. The second kappa shape index (κ2) is 6.07. The second-order valence-electron chi connectivity index (χ2n) is 3.72. The van der Waals surface area contributed by atoms with Crippen molar-refractivity contribution in [2.24, 2.45) is 0 Å². The van der Waals surface area contributed by atoms with Crippen molar-refractivity contribution in [1.29, 1.82) is 0 Å². The molecule has 0 amide bonds. The van der Waals surface area contributed by atoms with Gasteiger partial charge in [0.1, 0.15) is 0 Å². The first-order chi connectivity index (χ1) is 8.78. The van der Waals surface area contributed by atoms with Gasteiger partial charge in [0, 0.05) is 13.1 Å². The van der Waals surface area contributed by atoms with Crippen molar-refractivity contribution >= 4 is 16.0 Å². The Labute approximate surface area is 109 Å². The van der Waals surface area contributed by atoms with Crippen LogP contribution < -0.4 is 0 Å². The number of hydrogen-bond donors (Lipinski definition) is 1. The molecule has 0 fully saturated rings. The Bertz CT molecular complexity index is 574. The summed E-state index contributed by atoms with van der Waals surface area (Å²) in [5, 5.41) is 8.54. The molecular formula is C11H13F2NO4S. The van der Waals surface area contributed by atoms with Gasteiger partial charge >= 0.3 is 5.97 Å². The Morgan fingerprint density at radius 3 is 2.42 bits per heavy atom. The topological polar surface area (TPSA) is 74.7 Å². The number of nitrogens with zero attached hydrogens (tertiary/aromatic N) is 1. The molecule has 1 rings (SSSR count). The minimum Gasteiger partial charge on any atom is -0.481 e. The predicted molar refractivity (Wildman–Crippen MR) is 63.0 cm³/mol. The minimum atomic E-state index is -4.02. The van der Waals surface area contributed by atoms with Gasteiger partial charge in [-0.1, -0.05) is 6.92 Å². The number of benzene rings is 1. The van der Waals surface area contributed by atoms with E-state index in [1.54, 1.807) is 0 Å². The number of halogens is 2. The molecular weight excluding hydrogens is 280 g/mol. The summed E-state index contributed by atoms with van der Waals surface area (Å²) in [6.45, 7) is 1.33. The number of hydrogen-bond acceptors (Lipinski definition) is 3. The molecule has 5 nitrogen and oxygen atoms in total. The van der Waals surface area contributed by atoms with Crippen LogP contribution in [0.4, 0.5) is 8.78 Å². The highest BCUT2D eigenvalue weighted by atomic mass is 32.2. The smallest absolute Gasteiger partial charge is 0.304 e. The molecule has 0 spiro atoms. The molecule has 1 aromatic rings. The van der Waals surface area contributed by atoms with Crippen LogP contribution >= 0.6 is 0 Å². The van der Waals surface area contributed by atoms with Gasteiger partial charge in [0.2, 0.25) is 10.0 Å². The van der Waals surface area contributed by atoms with E-state index in [2.05, 4.69) is 0 Å². The summed E-state index contributed by atoms with van der Waals surface area (Å²) < 4.78 is 50.9. The molecule has 0 saturated heterocycles. The van der Waals surface area contributed by atoms with E-state index in [1.807, 2.05) is 0 Å². The number of aliphatic carboxylic acids is 1. The molecule has 0 aromatic heterocycles. The highest BCUT2D eigenvalue weighted by molar-refractivity contribution is 7.89. The van der Waals surface area contributed by atoms with E-state index >= 15 is 0 Å². The average molecular weight is 293 g/mol. The third kappa shape index (κ3) is 3.71. The first-order valence-electron chi connectivity index (χ1n) is 5.46. The Hall–Kier alpha value is -1.54. The SMILES string of the molecule is CCN(CCC(=O)O)S(=O)(=O)c1ccc(F)c(F)c1. The van der Waals surface area contributed by atoms with E-state index in [0.29, 0.717) is 12.1 Å². The van der Waals surface area contributed by atoms with Crippen molar-refractivity contribution in [2.75, 3.05) is 13.1 Å². The van der Waals surface area contributed by atoms with Crippen molar-refractivity contribution < 1.29 is 27.1 Å². The van der Waals surface area contributed by atoms with E-state index in [-0.39, 0.29) is 19.5 Å². The van der Waals surface area contributed by atoms with Crippen LogP contribution in [0.1, 0.15) is 13.3 Å². The molecule has 0 aliphatic rings. The van der Waals surface area contributed by atoms with Crippen LogP contribution in [0.15, 0.2) is 23.1 Å². The van der Waals surface area contributed by atoms with Gasteiger partial charge in [-0.3, -0.25) is 4.79 Å². The van der Waals surface area contributed by atoms with Crippen LogP contribution in [0.3, 0.4) is 0 Å². The van der Waals surface area contributed by atoms with Crippen molar-refractivity contribution in [2.45, 2.75) is 18.2 Å². The van der Waals surface area contributed by atoms with Gasteiger partial charge in [-0.15, -0.1) is 0 Å². The zero-order valence-corrected chi connectivity index (χ0v) is 11.0. The zero-order chi connectivity index (χ0) is 14.6. The Morgan fingerprint density at radius 1 is 1.32 bits per heavy atom. The van der Waals surface area contributed by atoms with E-state index < -0.39 is 32.5 Å². The number of carboxylic acids is 1. The quantitative estimate of drug-likeness (QED) is 0.861. The number of rotatable bonds is 6. The van der Waals surface area contributed by atoms with Crippen molar-refractivity contribution in [1.82, 2.24) is 4.31 Å². The monoisotopic (exact) mass is 293 g/mol. The van der Waals surface area contributed by atoms with Gasteiger partial charge in [-0.25, -0.2) is 17.2 Å². The van der Waals surface area contributed by atoms with Crippen LogP contribution in [-0.2, 0) is 14.8 Å². The van der Waals surface area contributed by atoms with Gasteiger partial charge in [0.15, 0.2) is 11.6 Å². The summed E-state index contributed by atoms with van der Waals surface area (Å²) in [5.74, 6) is -3.55. The van der Waals surface area contributed by atoms with E-state index in [0.717, 1.165) is 10.4 Å². The fourth-order valence-corrected chi connectivity index (χ4v) is 2.92. The van der Waals surface area contributed by atoms with Gasteiger partial charge < -0.3 is 5.11 Å². The van der Waals surface area contributed by atoms with Gasteiger partial charge in [0.25, 0.3) is 0 Å².